The van der Waals surface area contributed by atoms with Crippen LogP contribution in [-0.4, -0.2) is 29.4 Å². The molecule has 0 aliphatic rings. The molecule has 0 aromatic heterocycles. The Hall–Kier alpha value is -2.31. The molecule has 1 N–H and O–H groups in total. The number of ether oxygens (including phenoxy) is 1. The third-order valence-electron chi connectivity index (χ3n) is 1.86. The zero-order valence-electron chi connectivity index (χ0n) is 8.87. The van der Waals surface area contributed by atoms with Gasteiger partial charge in [-0.25, -0.2) is 4.79 Å². The summed E-state index contributed by atoms with van der Waals surface area (Å²) in [6, 6.07) is 5.89. The van der Waals surface area contributed by atoms with Gasteiger partial charge in [0.05, 0.1) is 18.8 Å². The van der Waals surface area contributed by atoms with Crippen molar-refractivity contribution in [2.24, 2.45) is 0 Å². The van der Waals surface area contributed by atoms with Crippen molar-refractivity contribution in [3.8, 4) is 5.75 Å². The molecule has 0 radical (unpaired) electrons. The normalized spacial score (nSPS) is 9.65. The molecule has 7 heteroatoms. The molecule has 0 bridgehead atoms. The van der Waals surface area contributed by atoms with E-state index >= 15 is 0 Å². The Labute approximate surface area is 96.7 Å². The summed E-state index contributed by atoms with van der Waals surface area (Å²) in [5.74, 6) is -0.493. The van der Waals surface area contributed by atoms with Gasteiger partial charge in [-0.1, -0.05) is 0 Å². The van der Waals surface area contributed by atoms with Crippen LogP contribution in [0.15, 0.2) is 24.3 Å². The molecule has 17 heavy (non-hydrogen) atoms. The predicted octanol–water partition coefficient (Wildman–Crippen LogP) is 1.36. The van der Waals surface area contributed by atoms with E-state index in [-0.39, 0.29) is 18.8 Å². The van der Waals surface area contributed by atoms with Crippen molar-refractivity contribution in [2.75, 3.05) is 13.2 Å². The molecular weight excluding hydrogens is 230 g/mol. The summed E-state index contributed by atoms with van der Waals surface area (Å²) in [4.78, 5) is 24.5. The average Bonchev–Trinajstić information content (AvgIpc) is 2.29. The molecule has 0 amide bonds. The summed E-state index contributed by atoms with van der Waals surface area (Å²) in [5.41, 5.74) is 0.175. The van der Waals surface area contributed by atoms with Gasteiger partial charge in [0.15, 0.2) is 0 Å². The van der Waals surface area contributed by atoms with Crippen LogP contribution < -0.4 is 4.74 Å². The van der Waals surface area contributed by atoms with E-state index in [9.17, 15) is 14.9 Å². The Bertz CT molecular complexity index is 388. The van der Waals surface area contributed by atoms with Crippen LogP contribution in [0.1, 0.15) is 16.8 Å². The number of benzene rings is 1. The van der Waals surface area contributed by atoms with Crippen molar-refractivity contribution >= 4 is 5.97 Å². The SMILES string of the molecule is O=C(O)c1ccc(OCCCO[N+](=O)[O-])cc1. The summed E-state index contributed by atoms with van der Waals surface area (Å²) in [6.45, 7) is 0.237. The predicted molar refractivity (Wildman–Crippen MR) is 56.5 cm³/mol. The minimum Gasteiger partial charge on any atom is -0.494 e. The number of rotatable bonds is 7. The molecule has 0 atom stereocenters. The zero-order chi connectivity index (χ0) is 12.7. The Morgan fingerprint density at radius 3 is 2.47 bits per heavy atom. The van der Waals surface area contributed by atoms with E-state index in [0.717, 1.165) is 0 Å². The van der Waals surface area contributed by atoms with E-state index in [4.69, 9.17) is 9.84 Å². The summed E-state index contributed by atoms with van der Waals surface area (Å²) >= 11 is 0. The van der Waals surface area contributed by atoms with Crippen LogP contribution in [0.5, 0.6) is 5.75 Å². The van der Waals surface area contributed by atoms with Crippen LogP contribution in [-0.2, 0) is 4.84 Å². The van der Waals surface area contributed by atoms with Gasteiger partial charge in [-0.05, 0) is 24.3 Å². The number of aromatic carboxylic acids is 1. The summed E-state index contributed by atoms with van der Waals surface area (Å²) < 4.78 is 5.23. The fourth-order valence-electron chi connectivity index (χ4n) is 1.08. The largest absolute Gasteiger partial charge is 0.494 e. The number of hydrogen-bond acceptors (Lipinski definition) is 5. The molecule has 1 rings (SSSR count). The zero-order valence-corrected chi connectivity index (χ0v) is 8.87. The van der Waals surface area contributed by atoms with Crippen LogP contribution in [0.3, 0.4) is 0 Å². The first-order valence-electron chi connectivity index (χ1n) is 4.83. The highest BCUT2D eigenvalue weighted by molar-refractivity contribution is 5.87. The molecule has 0 aliphatic heterocycles. The van der Waals surface area contributed by atoms with Crippen molar-refractivity contribution in [3.63, 3.8) is 0 Å². The molecule has 0 saturated carbocycles. The van der Waals surface area contributed by atoms with Crippen LogP contribution >= 0.6 is 0 Å². The maximum Gasteiger partial charge on any atom is 0.335 e. The van der Waals surface area contributed by atoms with E-state index < -0.39 is 11.1 Å². The van der Waals surface area contributed by atoms with E-state index in [1.807, 2.05) is 0 Å². The molecule has 0 saturated heterocycles. The molecular formula is C10H11NO6. The first-order chi connectivity index (χ1) is 8.09. The van der Waals surface area contributed by atoms with E-state index in [2.05, 4.69) is 4.84 Å². The fraction of sp³-hybridized carbons (Fsp3) is 0.300. The van der Waals surface area contributed by atoms with E-state index in [0.29, 0.717) is 12.2 Å². The van der Waals surface area contributed by atoms with Crippen LogP contribution in [0.2, 0.25) is 0 Å². The third kappa shape index (κ3) is 4.83. The first kappa shape index (κ1) is 12.8. The van der Waals surface area contributed by atoms with Crippen molar-refractivity contribution in [1.82, 2.24) is 0 Å². The number of carboxylic acid groups (broad SMARTS) is 1. The van der Waals surface area contributed by atoms with Crippen molar-refractivity contribution in [3.05, 3.63) is 39.9 Å². The van der Waals surface area contributed by atoms with Crippen LogP contribution in [0.25, 0.3) is 0 Å². The lowest BCUT2D eigenvalue weighted by Gasteiger charge is -2.05. The fourth-order valence-corrected chi connectivity index (χ4v) is 1.08. The summed E-state index contributed by atoms with van der Waals surface area (Å²) in [6.07, 6.45) is 0.377. The second-order valence-electron chi connectivity index (χ2n) is 3.09. The molecule has 1 aromatic carbocycles. The van der Waals surface area contributed by atoms with Gasteiger partial charge in [-0.15, -0.1) is 10.1 Å². The van der Waals surface area contributed by atoms with E-state index in [1.165, 1.54) is 24.3 Å². The lowest BCUT2D eigenvalue weighted by atomic mass is 10.2. The molecule has 7 nitrogen and oxygen atoms in total. The number of carboxylic acids is 1. The Balaban J connectivity index is 2.27. The highest BCUT2D eigenvalue weighted by Gasteiger charge is 2.02. The summed E-state index contributed by atoms with van der Waals surface area (Å²) in [5, 5.41) is 17.6. The van der Waals surface area contributed by atoms with Gasteiger partial charge in [0.1, 0.15) is 5.75 Å². The van der Waals surface area contributed by atoms with Gasteiger partial charge in [0.25, 0.3) is 5.09 Å². The van der Waals surface area contributed by atoms with Gasteiger partial charge in [0, 0.05) is 6.42 Å². The highest BCUT2D eigenvalue weighted by atomic mass is 16.9. The van der Waals surface area contributed by atoms with Crippen LogP contribution in [0.4, 0.5) is 0 Å². The average molecular weight is 241 g/mol. The monoisotopic (exact) mass is 241 g/mol. The topological polar surface area (TPSA) is 98.9 Å². The second kappa shape index (κ2) is 6.31. The standard InChI is InChI=1S/C10H11NO6/c12-10(13)8-2-4-9(5-3-8)16-6-1-7-17-11(14)15/h2-5H,1,6-7H2,(H,12,13). The Kier molecular flexibility index (Phi) is 4.74. The second-order valence-corrected chi connectivity index (χ2v) is 3.09. The van der Waals surface area contributed by atoms with Crippen molar-refractivity contribution in [1.29, 1.82) is 0 Å². The van der Waals surface area contributed by atoms with Gasteiger partial charge in [-0.3, -0.25) is 0 Å². The molecule has 0 aliphatic carbocycles. The molecule has 0 heterocycles. The smallest absolute Gasteiger partial charge is 0.335 e. The van der Waals surface area contributed by atoms with Crippen molar-refractivity contribution < 1.29 is 24.6 Å². The molecule has 1 aromatic rings. The quantitative estimate of drug-likeness (QED) is 0.439. The first-order valence-corrected chi connectivity index (χ1v) is 4.83. The van der Waals surface area contributed by atoms with Crippen molar-refractivity contribution in [2.45, 2.75) is 6.42 Å². The van der Waals surface area contributed by atoms with E-state index in [1.54, 1.807) is 0 Å². The number of carbonyl (C=O) groups is 1. The number of nitrogens with zero attached hydrogens (tertiary/aromatic N) is 1. The molecule has 0 spiro atoms. The lowest BCUT2D eigenvalue weighted by Crippen LogP contribution is -2.06. The summed E-state index contributed by atoms with van der Waals surface area (Å²) in [7, 11) is 0. The van der Waals surface area contributed by atoms with Gasteiger partial charge >= 0.3 is 5.97 Å². The van der Waals surface area contributed by atoms with Crippen LogP contribution in [0, 0.1) is 10.1 Å². The Morgan fingerprint density at radius 2 is 1.94 bits per heavy atom. The Morgan fingerprint density at radius 1 is 1.29 bits per heavy atom. The highest BCUT2D eigenvalue weighted by Crippen LogP contribution is 2.12. The molecule has 0 unspecified atom stereocenters. The van der Waals surface area contributed by atoms with Gasteiger partial charge < -0.3 is 14.7 Å². The third-order valence-corrected chi connectivity index (χ3v) is 1.86. The molecule has 92 valence electrons. The maximum absolute atomic E-state index is 10.6. The van der Waals surface area contributed by atoms with Gasteiger partial charge in [-0.2, -0.15) is 0 Å². The lowest BCUT2D eigenvalue weighted by molar-refractivity contribution is -0.757. The maximum atomic E-state index is 10.6. The minimum absolute atomic E-state index is 0.0276. The molecule has 0 fully saturated rings. The number of hydrogen-bond donors (Lipinski definition) is 1. The minimum atomic E-state index is -1.00. The van der Waals surface area contributed by atoms with Gasteiger partial charge in [0.2, 0.25) is 0 Å².